The molecular weight excluding hydrogens is 246 g/mol. The van der Waals surface area contributed by atoms with Crippen molar-refractivity contribution in [3.05, 3.63) is 39.9 Å². The highest BCUT2D eigenvalue weighted by Gasteiger charge is 2.07. The Labute approximate surface area is 112 Å². The summed E-state index contributed by atoms with van der Waals surface area (Å²) < 4.78 is 0. The molecule has 1 rings (SSSR count). The molecule has 0 bridgehead atoms. The second kappa shape index (κ2) is 7.48. The molecule has 0 fully saturated rings. The van der Waals surface area contributed by atoms with E-state index in [9.17, 15) is 14.9 Å². The Morgan fingerprint density at radius 1 is 1.47 bits per heavy atom. The summed E-state index contributed by atoms with van der Waals surface area (Å²) in [7, 11) is 0. The minimum Gasteiger partial charge on any atom is -0.351 e. The van der Waals surface area contributed by atoms with Crippen LogP contribution in [0.4, 0.5) is 5.69 Å². The Kier molecular flexibility index (Phi) is 5.95. The summed E-state index contributed by atoms with van der Waals surface area (Å²) in [5, 5.41) is 16.4. The third kappa shape index (κ3) is 5.48. The number of nitrogens with one attached hydrogen (secondary N) is 2. The van der Waals surface area contributed by atoms with Crippen LogP contribution in [0.5, 0.6) is 0 Å². The molecule has 0 aliphatic rings. The summed E-state index contributed by atoms with van der Waals surface area (Å²) in [5.74, 6) is -0.119. The SMILES string of the molecule is CCC(C)NCC(=O)NCc1cccc([N+](=O)[O-])c1. The first-order valence-electron chi connectivity index (χ1n) is 6.26. The molecule has 0 saturated heterocycles. The Balaban J connectivity index is 2.42. The van der Waals surface area contributed by atoms with E-state index in [1.54, 1.807) is 12.1 Å². The number of amides is 1. The first-order valence-corrected chi connectivity index (χ1v) is 6.26. The van der Waals surface area contributed by atoms with Gasteiger partial charge in [-0.15, -0.1) is 0 Å². The molecule has 19 heavy (non-hydrogen) atoms. The molecule has 0 heterocycles. The Hall–Kier alpha value is -1.95. The summed E-state index contributed by atoms with van der Waals surface area (Å²) in [6, 6.07) is 6.54. The van der Waals surface area contributed by atoms with Gasteiger partial charge in [-0.25, -0.2) is 0 Å². The first-order chi connectivity index (χ1) is 9.02. The van der Waals surface area contributed by atoms with Crippen LogP contribution in [-0.2, 0) is 11.3 Å². The normalized spacial score (nSPS) is 11.9. The van der Waals surface area contributed by atoms with Gasteiger partial charge in [0.25, 0.3) is 5.69 Å². The van der Waals surface area contributed by atoms with Gasteiger partial charge in [-0.05, 0) is 18.9 Å². The van der Waals surface area contributed by atoms with E-state index in [4.69, 9.17) is 0 Å². The zero-order valence-corrected chi connectivity index (χ0v) is 11.2. The summed E-state index contributed by atoms with van der Waals surface area (Å²) in [6.45, 7) is 4.60. The van der Waals surface area contributed by atoms with Crippen molar-refractivity contribution in [1.82, 2.24) is 10.6 Å². The molecular formula is C13H19N3O3. The van der Waals surface area contributed by atoms with Crippen molar-refractivity contribution < 1.29 is 9.72 Å². The van der Waals surface area contributed by atoms with E-state index in [0.717, 1.165) is 6.42 Å². The third-order valence-electron chi connectivity index (χ3n) is 2.83. The van der Waals surface area contributed by atoms with Gasteiger partial charge in [0, 0.05) is 24.7 Å². The van der Waals surface area contributed by atoms with Crippen LogP contribution in [0, 0.1) is 10.1 Å². The van der Waals surface area contributed by atoms with Gasteiger partial charge in [-0.3, -0.25) is 14.9 Å². The van der Waals surface area contributed by atoms with Crippen molar-refractivity contribution in [1.29, 1.82) is 0 Å². The molecule has 0 saturated carbocycles. The molecule has 1 unspecified atom stereocenters. The fourth-order valence-electron chi connectivity index (χ4n) is 1.45. The zero-order chi connectivity index (χ0) is 14.3. The molecule has 0 spiro atoms. The molecule has 1 aromatic rings. The summed E-state index contributed by atoms with van der Waals surface area (Å²) in [4.78, 5) is 21.7. The van der Waals surface area contributed by atoms with Crippen molar-refractivity contribution in [2.45, 2.75) is 32.9 Å². The average Bonchev–Trinajstić information content (AvgIpc) is 2.42. The Bertz CT molecular complexity index is 449. The van der Waals surface area contributed by atoms with E-state index in [0.29, 0.717) is 18.2 Å². The molecule has 104 valence electrons. The topological polar surface area (TPSA) is 84.3 Å². The van der Waals surface area contributed by atoms with Crippen LogP contribution in [0.15, 0.2) is 24.3 Å². The number of nitrogens with zero attached hydrogens (tertiary/aromatic N) is 1. The van der Waals surface area contributed by atoms with E-state index in [1.807, 2.05) is 13.8 Å². The number of rotatable bonds is 7. The van der Waals surface area contributed by atoms with Crippen molar-refractivity contribution in [2.24, 2.45) is 0 Å². The van der Waals surface area contributed by atoms with Crippen LogP contribution < -0.4 is 10.6 Å². The number of benzene rings is 1. The molecule has 0 aliphatic carbocycles. The molecule has 1 amide bonds. The lowest BCUT2D eigenvalue weighted by atomic mass is 10.2. The van der Waals surface area contributed by atoms with Crippen LogP contribution in [0.3, 0.4) is 0 Å². The molecule has 1 aromatic carbocycles. The molecule has 6 heteroatoms. The molecule has 6 nitrogen and oxygen atoms in total. The van der Waals surface area contributed by atoms with Gasteiger partial charge in [0.05, 0.1) is 11.5 Å². The maximum Gasteiger partial charge on any atom is 0.269 e. The predicted molar refractivity (Wildman–Crippen MR) is 72.7 cm³/mol. The number of carbonyl (C=O) groups is 1. The molecule has 0 radical (unpaired) electrons. The Morgan fingerprint density at radius 3 is 2.84 bits per heavy atom. The highest BCUT2D eigenvalue weighted by molar-refractivity contribution is 5.78. The zero-order valence-electron chi connectivity index (χ0n) is 11.2. The summed E-state index contributed by atoms with van der Waals surface area (Å²) in [5.41, 5.74) is 0.746. The highest BCUT2D eigenvalue weighted by atomic mass is 16.6. The van der Waals surface area contributed by atoms with Crippen molar-refractivity contribution in [3.63, 3.8) is 0 Å². The molecule has 0 aromatic heterocycles. The lowest BCUT2D eigenvalue weighted by Crippen LogP contribution is -2.37. The minimum atomic E-state index is -0.449. The molecule has 0 aliphatic heterocycles. The predicted octanol–water partition coefficient (Wildman–Crippen LogP) is 1.60. The van der Waals surface area contributed by atoms with Gasteiger partial charge < -0.3 is 10.6 Å². The summed E-state index contributed by atoms with van der Waals surface area (Å²) in [6.07, 6.45) is 0.957. The maximum atomic E-state index is 11.5. The van der Waals surface area contributed by atoms with Crippen LogP contribution in [0.1, 0.15) is 25.8 Å². The average molecular weight is 265 g/mol. The fraction of sp³-hybridized carbons (Fsp3) is 0.462. The molecule has 2 N–H and O–H groups in total. The second-order valence-corrected chi connectivity index (χ2v) is 4.39. The van der Waals surface area contributed by atoms with Gasteiger partial charge in [0.15, 0.2) is 0 Å². The monoisotopic (exact) mass is 265 g/mol. The van der Waals surface area contributed by atoms with Crippen LogP contribution in [-0.4, -0.2) is 23.4 Å². The van der Waals surface area contributed by atoms with Gasteiger partial charge >= 0.3 is 0 Å². The van der Waals surface area contributed by atoms with E-state index in [1.165, 1.54) is 12.1 Å². The van der Waals surface area contributed by atoms with Gasteiger partial charge in [-0.1, -0.05) is 19.1 Å². The standard InChI is InChI=1S/C13H19N3O3/c1-3-10(2)14-9-13(17)15-8-11-5-4-6-12(7-11)16(18)19/h4-7,10,14H,3,8-9H2,1-2H3,(H,15,17). The van der Waals surface area contributed by atoms with Crippen LogP contribution in [0.25, 0.3) is 0 Å². The minimum absolute atomic E-state index is 0.0319. The van der Waals surface area contributed by atoms with Crippen LogP contribution >= 0.6 is 0 Å². The van der Waals surface area contributed by atoms with Crippen molar-refractivity contribution in [3.8, 4) is 0 Å². The molecule has 1 atom stereocenters. The highest BCUT2D eigenvalue weighted by Crippen LogP contribution is 2.12. The van der Waals surface area contributed by atoms with Gasteiger partial charge in [-0.2, -0.15) is 0 Å². The first kappa shape index (κ1) is 15.1. The van der Waals surface area contributed by atoms with E-state index in [-0.39, 0.29) is 18.1 Å². The van der Waals surface area contributed by atoms with Crippen LogP contribution in [0.2, 0.25) is 0 Å². The smallest absolute Gasteiger partial charge is 0.269 e. The van der Waals surface area contributed by atoms with E-state index >= 15 is 0 Å². The third-order valence-corrected chi connectivity index (χ3v) is 2.83. The second-order valence-electron chi connectivity index (χ2n) is 4.39. The fourth-order valence-corrected chi connectivity index (χ4v) is 1.45. The lowest BCUT2D eigenvalue weighted by molar-refractivity contribution is -0.384. The number of nitro groups is 1. The van der Waals surface area contributed by atoms with E-state index < -0.39 is 4.92 Å². The Morgan fingerprint density at radius 2 is 2.21 bits per heavy atom. The van der Waals surface area contributed by atoms with Crippen molar-refractivity contribution in [2.75, 3.05) is 6.54 Å². The largest absolute Gasteiger partial charge is 0.351 e. The number of hydrogen-bond acceptors (Lipinski definition) is 4. The maximum absolute atomic E-state index is 11.5. The number of non-ortho nitro benzene ring substituents is 1. The summed E-state index contributed by atoms with van der Waals surface area (Å²) >= 11 is 0. The lowest BCUT2D eigenvalue weighted by Gasteiger charge is -2.11. The number of hydrogen-bond donors (Lipinski definition) is 2. The van der Waals surface area contributed by atoms with Gasteiger partial charge in [0.1, 0.15) is 0 Å². The number of carbonyl (C=O) groups excluding carboxylic acids is 1. The number of nitro benzene ring substituents is 1. The van der Waals surface area contributed by atoms with E-state index in [2.05, 4.69) is 10.6 Å². The quantitative estimate of drug-likeness (QED) is 0.579. The van der Waals surface area contributed by atoms with Crippen molar-refractivity contribution >= 4 is 11.6 Å². The van der Waals surface area contributed by atoms with Gasteiger partial charge in [0.2, 0.25) is 5.91 Å².